The number of carboxylic acids is 1. The summed E-state index contributed by atoms with van der Waals surface area (Å²) < 4.78 is 6.02. The third-order valence-corrected chi connectivity index (χ3v) is 9.53. The van der Waals surface area contributed by atoms with Crippen LogP contribution in [0.25, 0.3) is 0 Å². The van der Waals surface area contributed by atoms with Crippen molar-refractivity contribution in [3.8, 4) is 0 Å². The summed E-state index contributed by atoms with van der Waals surface area (Å²) in [6.07, 6.45) is 40.8. The van der Waals surface area contributed by atoms with Crippen LogP contribution < -0.4 is 5.32 Å². The zero-order valence-electron chi connectivity index (χ0n) is 31.4. The van der Waals surface area contributed by atoms with Gasteiger partial charge in [0, 0.05) is 12.8 Å². The van der Waals surface area contributed by atoms with Crippen molar-refractivity contribution in [2.24, 2.45) is 0 Å². The molecule has 0 saturated carbocycles. The molecular weight excluding hydrogens is 586 g/mol. The molecule has 6 nitrogen and oxygen atoms in total. The van der Waals surface area contributed by atoms with Gasteiger partial charge in [-0.25, -0.2) is 0 Å². The standard InChI is InChI=1S/C41H79NO5/c1-3-5-7-9-11-13-15-16-17-18-19-20-22-25-29-33-38(34-30-26-24-27-31-35-39(43)42-37-40(44)45)47-41(46)36-32-28-23-21-14-12-10-8-6-4-2/h38H,3-37H2,1-2H3,(H,42,43)(H,44,45). The smallest absolute Gasteiger partial charge is 0.322 e. The van der Waals surface area contributed by atoms with E-state index in [4.69, 9.17) is 9.84 Å². The average Bonchev–Trinajstić information content (AvgIpc) is 3.05. The Bertz CT molecular complexity index is 697. The minimum absolute atomic E-state index is 0.0112. The Kier molecular flexibility index (Phi) is 36.0. The minimum Gasteiger partial charge on any atom is -0.480 e. The van der Waals surface area contributed by atoms with Crippen LogP contribution in [0.2, 0.25) is 0 Å². The topological polar surface area (TPSA) is 92.7 Å². The number of aliphatic carboxylic acids is 1. The van der Waals surface area contributed by atoms with Crippen LogP contribution in [0, 0.1) is 0 Å². The van der Waals surface area contributed by atoms with Crippen LogP contribution in [-0.4, -0.2) is 35.6 Å². The molecule has 0 aliphatic rings. The van der Waals surface area contributed by atoms with Gasteiger partial charge in [0.25, 0.3) is 0 Å². The highest BCUT2D eigenvalue weighted by molar-refractivity contribution is 5.80. The zero-order valence-corrected chi connectivity index (χ0v) is 31.4. The van der Waals surface area contributed by atoms with Crippen molar-refractivity contribution in [1.29, 1.82) is 0 Å². The number of hydrogen-bond acceptors (Lipinski definition) is 4. The average molecular weight is 666 g/mol. The van der Waals surface area contributed by atoms with E-state index < -0.39 is 5.97 Å². The van der Waals surface area contributed by atoms with Crippen molar-refractivity contribution in [2.45, 2.75) is 238 Å². The molecule has 278 valence electrons. The molecule has 0 heterocycles. The number of carbonyl (C=O) groups is 3. The summed E-state index contributed by atoms with van der Waals surface area (Å²) >= 11 is 0. The maximum absolute atomic E-state index is 12.7. The van der Waals surface area contributed by atoms with Crippen LogP contribution in [0.3, 0.4) is 0 Å². The van der Waals surface area contributed by atoms with E-state index in [1.165, 1.54) is 141 Å². The van der Waals surface area contributed by atoms with E-state index in [1.807, 2.05) is 0 Å². The second-order valence-corrected chi connectivity index (χ2v) is 14.3. The minimum atomic E-state index is -1.01. The third kappa shape index (κ3) is 37.1. The fourth-order valence-corrected chi connectivity index (χ4v) is 6.46. The van der Waals surface area contributed by atoms with Crippen LogP contribution in [-0.2, 0) is 19.1 Å². The molecular formula is C41H79NO5. The van der Waals surface area contributed by atoms with E-state index in [0.29, 0.717) is 12.8 Å². The van der Waals surface area contributed by atoms with Gasteiger partial charge in [-0.1, -0.05) is 181 Å². The number of unbranched alkanes of at least 4 members (excludes halogenated alkanes) is 27. The number of hydrogen-bond donors (Lipinski definition) is 2. The van der Waals surface area contributed by atoms with Crippen LogP contribution in [0.15, 0.2) is 0 Å². The number of amides is 1. The van der Waals surface area contributed by atoms with Crippen molar-refractivity contribution < 1.29 is 24.2 Å². The molecule has 0 spiro atoms. The number of esters is 1. The van der Waals surface area contributed by atoms with Crippen LogP contribution in [0.4, 0.5) is 0 Å². The first-order valence-electron chi connectivity index (χ1n) is 20.7. The number of ether oxygens (including phenoxy) is 1. The van der Waals surface area contributed by atoms with Crippen molar-refractivity contribution >= 4 is 17.8 Å². The van der Waals surface area contributed by atoms with Gasteiger partial charge in [-0.2, -0.15) is 0 Å². The highest BCUT2D eigenvalue weighted by atomic mass is 16.5. The molecule has 0 radical (unpaired) electrons. The first kappa shape index (κ1) is 45.4. The summed E-state index contributed by atoms with van der Waals surface area (Å²) in [5, 5.41) is 11.1. The Morgan fingerprint density at radius 1 is 0.468 bits per heavy atom. The lowest BCUT2D eigenvalue weighted by Gasteiger charge is -2.18. The van der Waals surface area contributed by atoms with Crippen molar-refractivity contribution in [3.05, 3.63) is 0 Å². The number of carboxylic acid groups (broad SMARTS) is 1. The Hall–Kier alpha value is -1.59. The number of carbonyl (C=O) groups excluding carboxylic acids is 2. The quantitative estimate of drug-likeness (QED) is 0.0506. The summed E-state index contributed by atoms with van der Waals surface area (Å²) in [5.74, 6) is -1.21. The molecule has 1 amide bonds. The van der Waals surface area contributed by atoms with Crippen molar-refractivity contribution in [1.82, 2.24) is 5.32 Å². The molecule has 0 aromatic rings. The molecule has 0 saturated heterocycles. The lowest BCUT2D eigenvalue weighted by atomic mass is 10.0. The predicted molar refractivity (Wildman–Crippen MR) is 199 cm³/mol. The summed E-state index contributed by atoms with van der Waals surface area (Å²) in [6.45, 7) is 4.23. The molecule has 6 heteroatoms. The molecule has 0 rings (SSSR count). The summed E-state index contributed by atoms with van der Waals surface area (Å²) in [5.41, 5.74) is 0. The van der Waals surface area contributed by atoms with Gasteiger partial charge in [0.1, 0.15) is 12.6 Å². The summed E-state index contributed by atoms with van der Waals surface area (Å²) in [4.78, 5) is 34.9. The van der Waals surface area contributed by atoms with E-state index in [0.717, 1.165) is 64.2 Å². The second kappa shape index (κ2) is 37.2. The van der Waals surface area contributed by atoms with Gasteiger partial charge in [-0.3, -0.25) is 14.4 Å². The summed E-state index contributed by atoms with van der Waals surface area (Å²) in [6, 6.07) is 0. The molecule has 47 heavy (non-hydrogen) atoms. The zero-order chi connectivity index (χ0) is 34.5. The molecule has 0 bridgehead atoms. The van der Waals surface area contributed by atoms with Gasteiger partial charge in [0.2, 0.25) is 5.91 Å². The van der Waals surface area contributed by atoms with Gasteiger partial charge in [-0.05, 0) is 38.5 Å². The molecule has 0 aromatic carbocycles. The highest BCUT2D eigenvalue weighted by Gasteiger charge is 2.14. The summed E-state index contributed by atoms with van der Waals surface area (Å²) in [7, 11) is 0. The molecule has 1 unspecified atom stereocenters. The van der Waals surface area contributed by atoms with E-state index in [2.05, 4.69) is 19.2 Å². The van der Waals surface area contributed by atoms with Crippen LogP contribution >= 0.6 is 0 Å². The normalized spacial score (nSPS) is 11.9. The largest absolute Gasteiger partial charge is 0.480 e. The van der Waals surface area contributed by atoms with E-state index >= 15 is 0 Å². The van der Waals surface area contributed by atoms with E-state index in [1.54, 1.807) is 0 Å². The number of nitrogens with one attached hydrogen (secondary N) is 1. The maximum Gasteiger partial charge on any atom is 0.322 e. The Balaban J connectivity index is 4.12. The Morgan fingerprint density at radius 3 is 1.15 bits per heavy atom. The Morgan fingerprint density at radius 2 is 0.787 bits per heavy atom. The van der Waals surface area contributed by atoms with Gasteiger partial charge in [0.05, 0.1) is 0 Å². The number of rotatable bonds is 38. The molecule has 0 aliphatic carbocycles. The van der Waals surface area contributed by atoms with Gasteiger partial charge in [-0.15, -0.1) is 0 Å². The highest BCUT2D eigenvalue weighted by Crippen LogP contribution is 2.19. The fourth-order valence-electron chi connectivity index (χ4n) is 6.46. The third-order valence-electron chi connectivity index (χ3n) is 9.53. The predicted octanol–water partition coefficient (Wildman–Crippen LogP) is 12.4. The van der Waals surface area contributed by atoms with Gasteiger partial charge in [0.15, 0.2) is 0 Å². The van der Waals surface area contributed by atoms with Gasteiger partial charge < -0.3 is 15.2 Å². The van der Waals surface area contributed by atoms with E-state index in [9.17, 15) is 14.4 Å². The van der Waals surface area contributed by atoms with Crippen LogP contribution in [0.5, 0.6) is 0 Å². The Labute approximate surface area is 291 Å². The SMILES string of the molecule is CCCCCCCCCCCCCCCCCC(CCCCCCCC(=O)NCC(=O)O)OC(=O)CCCCCCCCCCCC. The fraction of sp³-hybridized carbons (Fsp3) is 0.927. The van der Waals surface area contributed by atoms with Gasteiger partial charge >= 0.3 is 11.9 Å². The molecule has 0 aliphatic heterocycles. The monoisotopic (exact) mass is 666 g/mol. The van der Waals surface area contributed by atoms with Crippen LogP contribution in [0.1, 0.15) is 232 Å². The first-order valence-corrected chi connectivity index (χ1v) is 20.7. The molecule has 0 aromatic heterocycles. The first-order chi connectivity index (χ1) is 23.0. The van der Waals surface area contributed by atoms with Crippen molar-refractivity contribution in [2.75, 3.05) is 6.54 Å². The lowest BCUT2D eigenvalue weighted by Crippen LogP contribution is -2.28. The molecule has 2 N–H and O–H groups in total. The maximum atomic E-state index is 12.7. The molecule has 0 fully saturated rings. The van der Waals surface area contributed by atoms with E-state index in [-0.39, 0.29) is 24.5 Å². The lowest BCUT2D eigenvalue weighted by molar-refractivity contribution is -0.150. The second-order valence-electron chi connectivity index (χ2n) is 14.3. The van der Waals surface area contributed by atoms with Crippen molar-refractivity contribution in [3.63, 3.8) is 0 Å². The molecule has 1 atom stereocenters.